The number of carboxylic acids is 1. The molecule has 7 heteroatoms. The number of hydrogen-bond acceptors (Lipinski definition) is 5. The van der Waals surface area contributed by atoms with E-state index >= 15 is 0 Å². The van der Waals surface area contributed by atoms with Gasteiger partial charge in [-0.05, 0) is 77.2 Å². The van der Waals surface area contributed by atoms with Gasteiger partial charge < -0.3 is 20.9 Å². The number of rotatable bonds is 45. The van der Waals surface area contributed by atoms with Crippen molar-refractivity contribution >= 4 is 17.8 Å². The molecule has 0 spiro atoms. The Morgan fingerprint density at radius 3 is 1.36 bits per heavy atom. The molecule has 0 heterocycles. The third kappa shape index (κ3) is 40.3. The van der Waals surface area contributed by atoms with Crippen LogP contribution in [0.5, 0.6) is 0 Å². The highest BCUT2D eigenvalue weighted by Gasteiger charge is 2.19. The lowest BCUT2D eigenvalue weighted by atomic mass is 10.0. The molecule has 0 aliphatic heterocycles. The van der Waals surface area contributed by atoms with Crippen LogP contribution in [0.3, 0.4) is 0 Å². The van der Waals surface area contributed by atoms with Crippen molar-refractivity contribution < 1.29 is 24.2 Å². The maximum atomic E-state index is 12.8. The SMILES string of the molecule is CCCCCCCC/C=C\CCCC(CCCCCCCC(=O)NC(CCCN)C(=O)O)OC(=O)CCCCCCCCCCCCCCCCCCCCC. The van der Waals surface area contributed by atoms with Crippen molar-refractivity contribution in [1.82, 2.24) is 5.32 Å². The second-order valence-corrected chi connectivity index (χ2v) is 16.9. The first-order valence-corrected chi connectivity index (χ1v) is 24.5. The number of nitrogens with two attached hydrogens (primary N) is 1. The molecule has 330 valence electrons. The number of esters is 1. The van der Waals surface area contributed by atoms with Crippen LogP contribution < -0.4 is 11.1 Å². The summed E-state index contributed by atoms with van der Waals surface area (Å²) >= 11 is 0. The molecular weight excluding hydrogens is 697 g/mol. The fraction of sp³-hybridized carbons (Fsp3) is 0.898. The van der Waals surface area contributed by atoms with E-state index < -0.39 is 12.0 Å². The maximum absolute atomic E-state index is 12.8. The van der Waals surface area contributed by atoms with Gasteiger partial charge in [-0.1, -0.05) is 193 Å². The van der Waals surface area contributed by atoms with Crippen molar-refractivity contribution in [3.63, 3.8) is 0 Å². The zero-order valence-electron chi connectivity index (χ0n) is 37.3. The van der Waals surface area contributed by atoms with Crippen molar-refractivity contribution in [2.45, 2.75) is 276 Å². The van der Waals surface area contributed by atoms with Crippen LogP contribution in [-0.4, -0.2) is 41.6 Å². The number of ether oxygens (including phenoxy) is 1. The fourth-order valence-electron chi connectivity index (χ4n) is 7.63. The number of allylic oxidation sites excluding steroid dienone is 2. The molecule has 0 aliphatic carbocycles. The first kappa shape index (κ1) is 54.1. The summed E-state index contributed by atoms with van der Waals surface area (Å²) in [6.45, 7) is 4.96. The third-order valence-corrected chi connectivity index (χ3v) is 11.3. The Balaban J connectivity index is 4.20. The first-order chi connectivity index (χ1) is 27.4. The highest BCUT2D eigenvalue weighted by atomic mass is 16.5. The fourth-order valence-corrected chi connectivity index (χ4v) is 7.63. The van der Waals surface area contributed by atoms with E-state index in [4.69, 9.17) is 10.5 Å². The van der Waals surface area contributed by atoms with Gasteiger partial charge in [0.15, 0.2) is 0 Å². The largest absolute Gasteiger partial charge is 0.480 e. The Morgan fingerprint density at radius 1 is 0.500 bits per heavy atom. The Bertz CT molecular complexity index is 894. The molecule has 0 rings (SSSR count). The summed E-state index contributed by atoms with van der Waals surface area (Å²) in [5.41, 5.74) is 5.49. The van der Waals surface area contributed by atoms with E-state index in [2.05, 4.69) is 31.3 Å². The Kier molecular flexibility index (Phi) is 42.7. The summed E-state index contributed by atoms with van der Waals surface area (Å²) in [7, 11) is 0. The summed E-state index contributed by atoms with van der Waals surface area (Å²) in [6, 6.07) is -0.856. The van der Waals surface area contributed by atoms with Crippen molar-refractivity contribution in [3.05, 3.63) is 12.2 Å². The van der Waals surface area contributed by atoms with Crippen LogP contribution in [0, 0.1) is 0 Å². The molecule has 0 aromatic heterocycles. The number of carboxylic acid groups (broad SMARTS) is 1. The Hall–Kier alpha value is -1.89. The molecule has 0 bridgehead atoms. The lowest BCUT2D eigenvalue weighted by Crippen LogP contribution is -2.40. The molecule has 0 saturated carbocycles. The normalized spacial score (nSPS) is 12.6. The van der Waals surface area contributed by atoms with E-state index in [9.17, 15) is 19.5 Å². The standard InChI is InChI=1S/C49H94N2O5/c1-3-5-7-9-11-13-15-16-17-18-19-20-21-22-24-26-28-33-37-43-48(53)56-45(39-34-30-27-25-23-14-12-10-8-6-4-2)40-35-31-29-32-36-42-47(52)51-46(49(54)55)41-38-44-50/h25,27,45-46H,3-24,26,28-44,50H2,1-2H3,(H,51,52)(H,54,55)/b27-25-. The van der Waals surface area contributed by atoms with Crippen molar-refractivity contribution in [2.24, 2.45) is 5.73 Å². The van der Waals surface area contributed by atoms with Gasteiger partial charge in [0, 0.05) is 12.8 Å². The number of amides is 1. The summed E-state index contributed by atoms with van der Waals surface area (Å²) < 4.78 is 6.05. The number of carbonyl (C=O) groups excluding carboxylic acids is 2. The van der Waals surface area contributed by atoms with Gasteiger partial charge in [0.25, 0.3) is 0 Å². The molecule has 0 aliphatic rings. The lowest BCUT2D eigenvalue weighted by molar-refractivity contribution is -0.150. The monoisotopic (exact) mass is 791 g/mol. The second kappa shape index (κ2) is 44.2. The summed E-state index contributed by atoms with van der Waals surface area (Å²) in [5.74, 6) is -1.23. The summed E-state index contributed by atoms with van der Waals surface area (Å²) in [4.78, 5) is 36.4. The average molecular weight is 791 g/mol. The smallest absolute Gasteiger partial charge is 0.326 e. The van der Waals surface area contributed by atoms with E-state index in [0.29, 0.717) is 32.2 Å². The van der Waals surface area contributed by atoms with Gasteiger partial charge in [0.05, 0.1) is 0 Å². The van der Waals surface area contributed by atoms with Gasteiger partial charge in [-0.25, -0.2) is 4.79 Å². The highest BCUT2D eigenvalue weighted by molar-refractivity contribution is 5.83. The minimum Gasteiger partial charge on any atom is -0.480 e. The van der Waals surface area contributed by atoms with E-state index in [1.807, 2.05) is 0 Å². The van der Waals surface area contributed by atoms with Gasteiger partial charge in [-0.2, -0.15) is 0 Å². The molecule has 0 radical (unpaired) electrons. The zero-order chi connectivity index (χ0) is 41.0. The van der Waals surface area contributed by atoms with Crippen LogP contribution in [0.4, 0.5) is 0 Å². The third-order valence-electron chi connectivity index (χ3n) is 11.3. The minimum atomic E-state index is -1.00. The molecule has 7 nitrogen and oxygen atoms in total. The summed E-state index contributed by atoms with van der Waals surface area (Å²) in [6.07, 6.45) is 49.9. The van der Waals surface area contributed by atoms with Gasteiger partial charge in [-0.15, -0.1) is 0 Å². The van der Waals surface area contributed by atoms with Gasteiger partial charge >= 0.3 is 11.9 Å². The molecule has 56 heavy (non-hydrogen) atoms. The number of unbranched alkanes of at least 4 members (excludes halogenated alkanes) is 29. The predicted molar refractivity (Wildman–Crippen MR) is 239 cm³/mol. The molecule has 2 unspecified atom stereocenters. The highest BCUT2D eigenvalue weighted by Crippen LogP contribution is 2.19. The Morgan fingerprint density at radius 2 is 0.893 bits per heavy atom. The van der Waals surface area contributed by atoms with Crippen LogP contribution in [0.1, 0.15) is 264 Å². The molecule has 0 fully saturated rings. The van der Waals surface area contributed by atoms with Crippen LogP contribution in [0.2, 0.25) is 0 Å². The number of carbonyl (C=O) groups is 3. The van der Waals surface area contributed by atoms with Crippen LogP contribution in [0.25, 0.3) is 0 Å². The first-order valence-electron chi connectivity index (χ1n) is 24.5. The molecular formula is C49H94N2O5. The quantitative estimate of drug-likeness (QED) is 0.0321. The lowest BCUT2D eigenvalue weighted by Gasteiger charge is -2.18. The number of nitrogens with one attached hydrogen (secondary N) is 1. The van der Waals surface area contributed by atoms with Gasteiger partial charge in [0.2, 0.25) is 5.91 Å². The average Bonchev–Trinajstić information content (AvgIpc) is 3.18. The van der Waals surface area contributed by atoms with E-state index in [1.54, 1.807) is 0 Å². The Labute approximate surface area is 347 Å². The van der Waals surface area contributed by atoms with Crippen molar-refractivity contribution in [3.8, 4) is 0 Å². The van der Waals surface area contributed by atoms with E-state index in [-0.39, 0.29) is 18.0 Å². The van der Waals surface area contributed by atoms with Crippen molar-refractivity contribution in [2.75, 3.05) is 6.54 Å². The molecule has 0 aromatic rings. The van der Waals surface area contributed by atoms with Crippen LogP contribution >= 0.6 is 0 Å². The van der Waals surface area contributed by atoms with Crippen molar-refractivity contribution in [1.29, 1.82) is 0 Å². The van der Waals surface area contributed by atoms with Crippen LogP contribution in [-0.2, 0) is 19.1 Å². The molecule has 2 atom stereocenters. The van der Waals surface area contributed by atoms with E-state index in [0.717, 1.165) is 70.6 Å². The van der Waals surface area contributed by atoms with Crippen LogP contribution in [0.15, 0.2) is 12.2 Å². The molecule has 1 amide bonds. The second-order valence-electron chi connectivity index (χ2n) is 16.9. The number of aliphatic carboxylic acids is 1. The minimum absolute atomic E-state index is 0.0120. The molecule has 0 aromatic carbocycles. The zero-order valence-corrected chi connectivity index (χ0v) is 37.3. The van der Waals surface area contributed by atoms with Gasteiger partial charge in [-0.3, -0.25) is 9.59 Å². The topological polar surface area (TPSA) is 119 Å². The van der Waals surface area contributed by atoms with Gasteiger partial charge in [0.1, 0.15) is 12.1 Å². The predicted octanol–water partition coefficient (Wildman–Crippen LogP) is 14.2. The summed E-state index contributed by atoms with van der Waals surface area (Å²) in [5, 5.41) is 12.0. The molecule has 0 saturated heterocycles. The molecule has 4 N–H and O–H groups in total. The van der Waals surface area contributed by atoms with E-state index in [1.165, 1.54) is 154 Å². The number of hydrogen-bond donors (Lipinski definition) is 3. The maximum Gasteiger partial charge on any atom is 0.326 e.